The Morgan fingerprint density at radius 3 is 2.65 bits per heavy atom. The van der Waals surface area contributed by atoms with Gasteiger partial charge in [0.25, 0.3) is 0 Å². The van der Waals surface area contributed by atoms with E-state index in [1.165, 1.54) is 0 Å². The summed E-state index contributed by atoms with van der Waals surface area (Å²) in [4.78, 5) is 11.6. The first-order chi connectivity index (χ1) is 8.14. The zero-order valence-electron chi connectivity index (χ0n) is 9.90. The fourth-order valence-electron chi connectivity index (χ4n) is 2.04. The Labute approximate surface area is 101 Å². The van der Waals surface area contributed by atoms with Gasteiger partial charge in [-0.15, -0.1) is 0 Å². The van der Waals surface area contributed by atoms with Gasteiger partial charge in [-0.3, -0.25) is 4.79 Å². The molecule has 0 radical (unpaired) electrons. The van der Waals surface area contributed by atoms with E-state index in [1.54, 1.807) is 0 Å². The van der Waals surface area contributed by atoms with Crippen molar-refractivity contribution in [3.05, 3.63) is 35.4 Å². The first-order valence-corrected chi connectivity index (χ1v) is 5.80. The van der Waals surface area contributed by atoms with Crippen molar-refractivity contribution in [2.75, 3.05) is 6.61 Å². The predicted molar refractivity (Wildman–Crippen MR) is 63.2 cm³/mol. The molecule has 1 aromatic carbocycles. The van der Waals surface area contributed by atoms with E-state index < -0.39 is 0 Å². The second kappa shape index (κ2) is 4.58. The molecule has 1 saturated heterocycles. The molecule has 0 aromatic heterocycles. The SMILES string of the molecule is CC1(CCc2ccc(C#N)cc2)CCOC1=O. The predicted octanol–water partition coefficient (Wildman–Crippen LogP) is 2.44. The zero-order valence-corrected chi connectivity index (χ0v) is 9.90. The van der Waals surface area contributed by atoms with Crippen molar-refractivity contribution in [2.24, 2.45) is 5.41 Å². The highest BCUT2D eigenvalue weighted by molar-refractivity contribution is 5.78. The molecule has 1 heterocycles. The summed E-state index contributed by atoms with van der Waals surface area (Å²) in [6.07, 6.45) is 2.46. The minimum Gasteiger partial charge on any atom is -0.465 e. The molecule has 3 nitrogen and oxygen atoms in total. The number of carbonyl (C=O) groups is 1. The average molecular weight is 229 g/mol. The van der Waals surface area contributed by atoms with Crippen molar-refractivity contribution in [1.82, 2.24) is 0 Å². The van der Waals surface area contributed by atoms with E-state index in [2.05, 4.69) is 6.07 Å². The standard InChI is InChI=1S/C14H15NO2/c1-14(8-9-17-13(14)16)7-6-11-2-4-12(10-15)5-3-11/h2-5H,6-9H2,1H3. The Morgan fingerprint density at radius 2 is 2.12 bits per heavy atom. The quantitative estimate of drug-likeness (QED) is 0.748. The number of hydrogen-bond acceptors (Lipinski definition) is 3. The highest BCUT2D eigenvalue weighted by Crippen LogP contribution is 2.34. The summed E-state index contributed by atoms with van der Waals surface area (Å²) in [5.41, 5.74) is 1.50. The van der Waals surface area contributed by atoms with E-state index >= 15 is 0 Å². The molecule has 1 fully saturated rings. The minimum atomic E-state index is -0.325. The van der Waals surface area contributed by atoms with E-state index in [1.807, 2.05) is 31.2 Å². The van der Waals surface area contributed by atoms with Crippen LogP contribution < -0.4 is 0 Å². The summed E-state index contributed by atoms with van der Waals surface area (Å²) in [5.74, 6) is -0.0776. The Balaban J connectivity index is 1.98. The number of benzene rings is 1. The van der Waals surface area contributed by atoms with Gasteiger partial charge < -0.3 is 4.74 Å². The van der Waals surface area contributed by atoms with E-state index in [9.17, 15) is 4.79 Å². The molecule has 2 rings (SSSR count). The van der Waals surface area contributed by atoms with Crippen LogP contribution in [0, 0.1) is 16.7 Å². The van der Waals surface area contributed by atoms with E-state index in [0.717, 1.165) is 24.8 Å². The Hall–Kier alpha value is -1.82. The third-order valence-corrected chi connectivity index (χ3v) is 3.43. The van der Waals surface area contributed by atoms with E-state index in [4.69, 9.17) is 10.00 Å². The normalized spacial score (nSPS) is 23.2. The van der Waals surface area contributed by atoms with Crippen molar-refractivity contribution in [3.8, 4) is 6.07 Å². The summed E-state index contributed by atoms with van der Waals surface area (Å²) in [5, 5.41) is 8.70. The van der Waals surface area contributed by atoms with Crippen molar-refractivity contribution < 1.29 is 9.53 Å². The lowest BCUT2D eigenvalue weighted by atomic mass is 9.83. The van der Waals surface area contributed by atoms with Gasteiger partial charge in [0.2, 0.25) is 0 Å². The molecule has 0 N–H and O–H groups in total. The number of cyclic esters (lactones) is 1. The molecule has 1 unspecified atom stereocenters. The highest BCUT2D eigenvalue weighted by atomic mass is 16.5. The Bertz CT molecular complexity index is 458. The van der Waals surface area contributed by atoms with Crippen LogP contribution in [0.3, 0.4) is 0 Å². The molecule has 0 spiro atoms. The fraction of sp³-hybridized carbons (Fsp3) is 0.429. The van der Waals surface area contributed by atoms with Crippen LogP contribution in [0.5, 0.6) is 0 Å². The Kier molecular flexibility index (Phi) is 3.14. The third kappa shape index (κ3) is 2.47. The van der Waals surface area contributed by atoms with Crippen molar-refractivity contribution in [2.45, 2.75) is 26.2 Å². The molecule has 1 aromatic rings. The van der Waals surface area contributed by atoms with Crippen molar-refractivity contribution in [1.29, 1.82) is 5.26 Å². The van der Waals surface area contributed by atoms with Crippen LogP contribution in [0.25, 0.3) is 0 Å². The second-order valence-electron chi connectivity index (χ2n) is 4.76. The molecule has 17 heavy (non-hydrogen) atoms. The maximum atomic E-state index is 11.6. The molecule has 1 aliphatic rings. The van der Waals surface area contributed by atoms with Gasteiger partial charge in [0.1, 0.15) is 0 Å². The van der Waals surface area contributed by atoms with Gasteiger partial charge in [-0.2, -0.15) is 5.26 Å². The van der Waals surface area contributed by atoms with Crippen LogP contribution in [-0.4, -0.2) is 12.6 Å². The molecule has 0 saturated carbocycles. The lowest BCUT2D eigenvalue weighted by Crippen LogP contribution is -2.22. The monoisotopic (exact) mass is 229 g/mol. The van der Waals surface area contributed by atoms with E-state index in [0.29, 0.717) is 12.2 Å². The fourth-order valence-corrected chi connectivity index (χ4v) is 2.04. The van der Waals surface area contributed by atoms with Gasteiger partial charge in [0.15, 0.2) is 0 Å². The Morgan fingerprint density at radius 1 is 1.41 bits per heavy atom. The summed E-state index contributed by atoms with van der Waals surface area (Å²) < 4.78 is 5.01. The van der Waals surface area contributed by atoms with Crippen LogP contribution in [0.4, 0.5) is 0 Å². The summed E-state index contributed by atoms with van der Waals surface area (Å²) in [6.45, 7) is 2.51. The number of esters is 1. The number of aryl methyl sites for hydroxylation is 1. The smallest absolute Gasteiger partial charge is 0.311 e. The lowest BCUT2D eigenvalue weighted by Gasteiger charge is -2.18. The topological polar surface area (TPSA) is 50.1 Å². The maximum Gasteiger partial charge on any atom is 0.311 e. The molecule has 0 bridgehead atoms. The first kappa shape index (κ1) is 11.7. The molecule has 1 aliphatic heterocycles. The molecular formula is C14H15NO2. The molecule has 88 valence electrons. The van der Waals surface area contributed by atoms with Crippen LogP contribution in [0.15, 0.2) is 24.3 Å². The van der Waals surface area contributed by atoms with Crippen molar-refractivity contribution >= 4 is 5.97 Å². The largest absolute Gasteiger partial charge is 0.465 e. The molecule has 0 amide bonds. The number of nitriles is 1. The van der Waals surface area contributed by atoms with E-state index in [-0.39, 0.29) is 11.4 Å². The van der Waals surface area contributed by atoms with Crippen LogP contribution >= 0.6 is 0 Å². The van der Waals surface area contributed by atoms with Gasteiger partial charge in [-0.1, -0.05) is 12.1 Å². The van der Waals surface area contributed by atoms with Gasteiger partial charge in [0.05, 0.1) is 23.7 Å². The first-order valence-electron chi connectivity index (χ1n) is 5.80. The lowest BCUT2D eigenvalue weighted by molar-refractivity contribution is -0.145. The highest BCUT2D eigenvalue weighted by Gasteiger charge is 2.39. The summed E-state index contributed by atoms with van der Waals surface area (Å²) >= 11 is 0. The number of carbonyl (C=O) groups excluding carboxylic acids is 1. The minimum absolute atomic E-state index is 0.0776. The number of hydrogen-bond donors (Lipinski definition) is 0. The van der Waals surface area contributed by atoms with Gasteiger partial charge in [-0.05, 0) is 43.9 Å². The van der Waals surface area contributed by atoms with Gasteiger partial charge in [0, 0.05) is 0 Å². The van der Waals surface area contributed by atoms with Gasteiger partial charge in [-0.25, -0.2) is 0 Å². The van der Waals surface area contributed by atoms with Gasteiger partial charge >= 0.3 is 5.97 Å². The molecule has 3 heteroatoms. The zero-order chi connectivity index (χ0) is 12.3. The molecular weight excluding hydrogens is 214 g/mol. The average Bonchev–Trinajstić information content (AvgIpc) is 2.68. The number of ether oxygens (including phenoxy) is 1. The number of rotatable bonds is 3. The molecule has 1 atom stereocenters. The maximum absolute atomic E-state index is 11.6. The van der Waals surface area contributed by atoms with Crippen LogP contribution in [-0.2, 0) is 16.0 Å². The van der Waals surface area contributed by atoms with Crippen LogP contribution in [0.1, 0.15) is 30.9 Å². The number of nitrogens with zero attached hydrogens (tertiary/aromatic N) is 1. The second-order valence-corrected chi connectivity index (χ2v) is 4.76. The summed E-state index contributed by atoms with van der Waals surface area (Å²) in [6, 6.07) is 9.61. The third-order valence-electron chi connectivity index (χ3n) is 3.43. The van der Waals surface area contributed by atoms with Crippen molar-refractivity contribution in [3.63, 3.8) is 0 Å². The summed E-state index contributed by atoms with van der Waals surface area (Å²) in [7, 11) is 0. The molecule has 0 aliphatic carbocycles. The van der Waals surface area contributed by atoms with Crippen LogP contribution in [0.2, 0.25) is 0 Å².